The molecule has 0 aliphatic heterocycles. The first kappa shape index (κ1) is 12.7. The van der Waals surface area contributed by atoms with Gasteiger partial charge in [0.15, 0.2) is 0 Å². The van der Waals surface area contributed by atoms with Gasteiger partial charge >= 0.3 is 0 Å². The van der Waals surface area contributed by atoms with Gasteiger partial charge in [-0.05, 0) is 36.8 Å². The summed E-state index contributed by atoms with van der Waals surface area (Å²) in [7, 11) is 0. The van der Waals surface area contributed by atoms with Gasteiger partial charge in [0.2, 0.25) is 0 Å². The Morgan fingerprint density at radius 2 is 2.00 bits per heavy atom. The molecule has 3 rings (SSSR count). The highest BCUT2D eigenvalue weighted by molar-refractivity contribution is 5.81. The van der Waals surface area contributed by atoms with Gasteiger partial charge in [-0.25, -0.2) is 9.97 Å². The standard InChI is InChI=1S/C16H17N3O/c1-2-10-20-14-4-5-15-13(11-14)6-9-19(15)12-16-17-7-3-8-18-16/h3-9,11H,2,10,12H2,1H3. The van der Waals surface area contributed by atoms with Crippen LogP contribution in [0.2, 0.25) is 0 Å². The van der Waals surface area contributed by atoms with Crippen LogP contribution in [-0.4, -0.2) is 21.1 Å². The van der Waals surface area contributed by atoms with E-state index >= 15 is 0 Å². The van der Waals surface area contributed by atoms with Crippen LogP contribution in [0.4, 0.5) is 0 Å². The van der Waals surface area contributed by atoms with Crippen LogP contribution in [0.15, 0.2) is 48.9 Å². The molecule has 0 saturated carbocycles. The highest BCUT2D eigenvalue weighted by atomic mass is 16.5. The summed E-state index contributed by atoms with van der Waals surface area (Å²) in [6.07, 6.45) is 6.62. The van der Waals surface area contributed by atoms with Crippen molar-refractivity contribution in [2.45, 2.75) is 19.9 Å². The SMILES string of the molecule is CCCOc1ccc2c(ccn2Cc2ncccn2)c1. The van der Waals surface area contributed by atoms with Crippen LogP contribution in [0, 0.1) is 0 Å². The molecule has 2 aromatic heterocycles. The van der Waals surface area contributed by atoms with Crippen molar-refractivity contribution in [2.75, 3.05) is 6.61 Å². The summed E-state index contributed by atoms with van der Waals surface area (Å²) >= 11 is 0. The predicted octanol–water partition coefficient (Wildman–Crippen LogP) is 3.27. The first-order valence-electron chi connectivity index (χ1n) is 6.84. The van der Waals surface area contributed by atoms with Crippen molar-refractivity contribution in [1.29, 1.82) is 0 Å². The Balaban J connectivity index is 1.86. The molecular weight excluding hydrogens is 250 g/mol. The van der Waals surface area contributed by atoms with E-state index in [1.54, 1.807) is 12.4 Å². The number of rotatable bonds is 5. The maximum atomic E-state index is 5.66. The Morgan fingerprint density at radius 1 is 1.15 bits per heavy atom. The van der Waals surface area contributed by atoms with E-state index in [9.17, 15) is 0 Å². The molecule has 3 aromatic rings. The Morgan fingerprint density at radius 3 is 2.80 bits per heavy atom. The van der Waals surface area contributed by atoms with Crippen LogP contribution >= 0.6 is 0 Å². The molecule has 0 bridgehead atoms. The Hall–Kier alpha value is -2.36. The van der Waals surface area contributed by atoms with Gasteiger partial charge in [0.05, 0.1) is 13.2 Å². The molecule has 0 N–H and O–H groups in total. The van der Waals surface area contributed by atoms with E-state index in [2.05, 4.69) is 45.9 Å². The first-order chi connectivity index (χ1) is 9.86. The third-order valence-electron chi connectivity index (χ3n) is 3.15. The van der Waals surface area contributed by atoms with Crippen molar-refractivity contribution in [3.63, 3.8) is 0 Å². The number of hydrogen-bond donors (Lipinski definition) is 0. The smallest absolute Gasteiger partial charge is 0.147 e. The second kappa shape index (κ2) is 5.74. The maximum absolute atomic E-state index is 5.66. The van der Waals surface area contributed by atoms with Gasteiger partial charge < -0.3 is 9.30 Å². The normalized spacial score (nSPS) is 10.8. The molecule has 0 fully saturated rings. The third-order valence-corrected chi connectivity index (χ3v) is 3.15. The molecule has 0 radical (unpaired) electrons. The lowest BCUT2D eigenvalue weighted by Crippen LogP contribution is -2.02. The van der Waals surface area contributed by atoms with Gasteiger partial charge in [-0.1, -0.05) is 6.92 Å². The Kier molecular flexibility index (Phi) is 3.63. The number of benzene rings is 1. The zero-order valence-electron chi connectivity index (χ0n) is 11.5. The third kappa shape index (κ3) is 2.64. The fourth-order valence-corrected chi connectivity index (χ4v) is 2.19. The average molecular weight is 267 g/mol. The number of hydrogen-bond acceptors (Lipinski definition) is 3. The Labute approximate surface area is 118 Å². The maximum Gasteiger partial charge on any atom is 0.147 e. The molecule has 0 aliphatic carbocycles. The van der Waals surface area contributed by atoms with Gasteiger partial charge in [-0.3, -0.25) is 0 Å². The fraction of sp³-hybridized carbons (Fsp3) is 0.250. The molecule has 0 unspecified atom stereocenters. The van der Waals surface area contributed by atoms with Crippen molar-refractivity contribution < 1.29 is 4.74 Å². The van der Waals surface area contributed by atoms with E-state index in [0.717, 1.165) is 24.6 Å². The molecule has 0 spiro atoms. The zero-order chi connectivity index (χ0) is 13.8. The van der Waals surface area contributed by atoms with E-state index in [0.29, 0.717) is 6.54 Å². The van der Waals surface area contributed by atoms with Crippen molar-refractivity contribution in [3.05, 3.63) is 54.7 Å². The molecule has 0 atom stereocenters. The predicted molar refractivity (Wildman–Crippen MR) is 78.9 cm³/mol. The van der Waals surface area contributed by atoms with Crippen molar-refractivity contribution >= 4 is 10.9 Å². The first-order valence-corrected chi connectivity index (χ1v) is 6.84. The lowest BCUT2D eigenvalue weighted by atomic mass is 10.2. The lowest BCUT2D eigenvalue weighted by Gasteiger charge is -2.06. The summed E-state index contributed by atoms with van der Waals surface area (Å²) in [6.45, 7) is 3.54. The number of ether oxygens (including phenoxy) is 1. The minimum atomic E-state index is 0.680. The molecule has 1 aromatic carbocycles. The summed E-state index contributed by atoms with van der Waals surface area (Å²) < 4.78 is 7.80. The van der Waals surface area contributed by atoms with Crippen LogP contribution in [0.3, 0.4) is 0 Å². The molecule has 0 aliphatic rings. The second-order valence-corrected chi connectivity index (χ2v) is 4.68. The van der Waals surface area contributed by atoms with E-state index in [4.69, 9.17) is 4.74 Å². The van der Waals surface area contributed by atoms with Crippen molar-refractivity contribution in [2.24, 2.45) is 0 Å². The molecule has 0 saturated heterocycles. The van der Waals surface area contributed by atoms with Crippen LogP contribution < -0.4 is 4.74 Å². The van der Waals surface area contributed by atoms with Crippen molar-refractivity contribution in [3.8, 4) is 5.75 Å². The largest absolute Gasteiger partial charge is 0.494 e. The number of fused-ring (bicyclic) bond motifs is 1. The van der Waals surface area contributed by atoms with Crippen LogP contribution in [0.1, 0.15) is 19.2 Å². The van der Waals surface area contributed by atoms with E-state index in [1.807, 2.05) is 12.1 Å². The topological polar surface area (TPSA) is 39.9 Å². The van der Waals surface area contributed by atoms with Crippen LogP contribution in [0.25, 0.3) is 10.9 Å². The highest BCUT2D eigenvalue weighted by Gasteiger charge is 2.04. The van der Waals surface area contributed by atoms with Crippen molar-refractivity contribution in [1.82, 2.24) is 14.5 Å². The molecule has 4 nitrogen and oxygen atoms in total. The van der Waals surface area contributed by atoms with E-state index in [-0.39, 0.29) is 0 Å². The summed E-state index contributed by atoms with van der Waals surface area (Å²) in [6, 6.07) is 10.1. The van der Waals surface area contributed by atoms with E-state index in [1.165, 1.54) is 10.9 Å². The van der Waals surface area contributed by atoms with Gasteiger partial charge in [0, 0.05) is 29.5 Å². The van der Waals surface area contributed by atoms with Crippen LogP contribution in [0.5, 0.6) is 5.75 Å². The Bertz CT molecular complexity index is 691. The molecule has 2 heterocycles. The molecule has 0 amide bonds. The highest BCUT2D eigenvalue weighted by Crippen LogP contribution is 2.22. The van der Waals surface area contributed by atoms with Gasteiger partial charge in [0.25, 0.3) is 0 Å². The summed E-state index contributed by atoms with van der Waals surface area (Å²) in [5.74, 6) is 1.74. The van der Waals surface area contributed by atoms with Crippen LogP contribution in [-0.2, 0) is 6.54 Å². The minimum absolute atomic E-state index is 0.680. The van der Waals surface area contributed by atoms with E-state index < -0.39 is 0 Å². The monoisotopic (exact) mass is 267 g/mol. The second-order valence-electron chi connectivity index (χ2n) is 4.68. The lowest BCUT2D eigenvalue weighted by molar-refractivity contribution is 0.318. The van der Waals surface area contributed by atoms with Gasteiger partial charge in [0.1, 0.15) is 11.6 Å². The molecule has 4 heteroatoms. The van der Waals surface area contributed by atoms with Gasteiger partial charge in [-0.15, -0.1) is 0 Å². The molecule has 20 heavy (non-hydrogen) atoms. The number of aromatic nitrogens is 3. The minimum Gasteiger partial charge on any atom is -0.494 e. The number of nitrogens with zero attached hydrogens (tertiary/aromatic N) is 3. The summed E-state index contributed by atoms with van der Waals surface area (Å²) in [4.78, 5) is 8.52. The quantitative estimate of drug-likeness (QED) is 0.712. The molecular formula is C16H17N3O. The average Bonchev–Trinajstić information content (AvgIpc) is 2.89. The zero-order valence-corrected chi connectivity index (χ0v) is 11.5. The van der Waals surface area contributed by atoms with Gasteiger partial charge in [-0.2, -0.15) is 0 Å². The fourth-order valence-electron chi connectivity index (χ4n) is 2.19. The molecule has 102 valence electrons. The summed E-state index contributed by atoms with van der Waals surface area (Å²) in [5.41, 5.74) is 1.17. The summed E-state index contributed by atoms with van der Waals surface area (Å²) in [5, 5.41) is 1.18.